The molecule has 1 aliphatic carbocycles. The minimum Gasteiger partial charge on any atom is -0.455 e. The summed E-state index contributed by atoms with van der Waals surface area (Å²) in [4.78, 5) is 34.8. The van der Waals surface area contributed by atoms with Crippen molar-refractivity contribution < 1.29 is 19.2 Å². The number of nitrogens with zero attached hydrogens (tertiary/aromatic N) is 1. The normalized spacial score (nSPS) is 14.3. The third-order valence-corrected chi connectivity index (χ3v) is 4.47. The van der Waals surface area contributed by atoms with E-state index in [9.17, 15) is 19.7 Å². The van der Waals surface area contributed by atoms with Crippen LogP contribution in [-0.4, -0.2) is 23.4 Å². The average molecular weight is 375 g/mol. The molecule has 0 saturated heterocycles. The van der Waals surface area contributed by atoms with E-state index in [2.05, 4.69) is 5.32 Å². The number of esters is 1. The van der Waals surface area contributed by atoms with Crippen molar-refractivity contribution in [2.24, 2.45) is 0 Å². The topological polar surface area (TPSA) is 98.5 Å². The van der Waals surface area contributed by atoms with E-state index in [1.165, 1.54) is 12.1 Å². The van der Waals surface area contributed by atoms with Crippen molar-refractivity contribution in [3.05, 3.63) is 69.2 Å². The Balaban J connectivity index is 1.62. The first-order chi connectivity index (χ1) is 12.4. The predicted molar refractivity (Wildman–Crippen MR) is 95.0 cm³/mol. The maximum absolute atomic E-state index is 12.4. The van der Waals surface area contributed by atoms with Gasteiger partial charge in [-0.15, -0.1) is 0 Å². The van der Waals surface area contributed by atoms with Crippen LogP contribution in [0, 0.1) is 10.1 Å². The summed E-state index contributed by atoms with van der Waals surface area (Å²) < 4.78 is 5.13. The number of halogens is 1. The molecule has 0 heterocycles. The van der Waals surface area contributed by atoms with Crippen molar-refractivity contribution >= 4 is 34.9 Å². The molecule has 1 aliphatic rings. The summed E-state index contributed by atoms with van der Waals surface area (Å²) in [7, 11) is 0. The lowest BCUT2D eigenvalue weighted by Gasteiger charge is -2.14. The Hall–Kier alpha value is -2.93. The number of benzene rings is 2. The molecule has 2 aromatic rings. The molecular formula is C18H15ClN2O5. The van der Waals surface area contributed by atoms with Gasteiger partial charge in [0.05, 0.1) is 10.3 Å². The van der Waals surface area contributed by atoms with E-state index in [-0.39, 0.29) is 16.4 Å². The zero-order valence-electron chi connectivity index (χ0n) is 13.6. The van der Waals surface area contributed by atoms with E-state index in [1.807, 2.05) is 30.3 Å². The maximum atomic E-state index is 12.4. The third kappa shape index (κ3) is 3.67. The summed E-state index contributed by atoms with van der Waals surface area (Å²) in [5.41, 5.74) is -0.170. The lowest BCUT2D eigenvalue weighted by Crippen LogP contribution is -2.28. The zero-order valence-corrected chi connectivity index (χ0v) is 14.4. The molecule has 0 aromatic heterocycles. The number of hydrogen-bond acceptors (Lipinski definition) is 5. The second kappa shape index (κ2) is 7.13. The molecule has 3 rings (SSSR count). The van der Waals surface area contributed by atoms with Crippen LogP contribution in [0.1, 0.15) is 18.4 Å². The van der Waals surface area contributed by atoms with Crippen molar-refractivity contribution in [3.8, 4) is 0 Å². The van der Waals surface area contributed by atoms with Crippen molar-refractivity contribution in [1.29, 1.82) is 0 Å². The van der Waals surface area contributed by atoms with Crippen LogP contribution in [0.5, 0.6) is 0 Å². The van der Waals surface area contributed by atoms with E-state index in [4.69, 9.17) is 16.3 Å². The van der Waals surface area contributed by atoms with Crippen LogP contribution in [0.25, 0.3) is 0 Å². The molecule has 26 heavy (non-hydrogen) atoms. The van der Waals surface area contributed by atoms with Crippen LogP contribution in [0.4, 0.5) is 11.4 Å². The molecule has 1 saturated carbocycles. The SMILES string of the molecule is O=C(COC(=O)C1(c2ccccc2)CC1)Nc1ccc(Cl)cc1[N+](=O)[O-]. The van der Waals surface area contributed by atoms with Gasteiger partial charge in [0.1, 0.15) is 5.69 Å². The van der Waals surface area contributed by atoms with Gasteiger partial charge in [-0.25, -0.2) is 0 Å². The average Bonchev–Trinajstić information content (AvgIpc) is 3.44. The second-order valence-corrected chi connectivity index (χ2v) is 6.43. The number of carbonyl (C=O) groups excluding carboxylic acids is 2. The highest BCUT2D eigenvalue weighted by molar-refractivity contribution is 6.31. The highest BCUT2D eigenvalue weighted by atomic mass is 35.5. The van der Waals surface area contributed by atoms with Gasteiger partial charge in [-0.3, -0.25) is 19.7 Å². The number of ether oxygens (including phenoxy) is 1. The standard InChI is InChI=1S/C18H15ClN2O5/c19-13-6-7-14(15(10-13)21(24)25)20-16(22)11-26-17(23)18(8-9-18)12-4-2-1-3-5-12/h1-7,10H,8-9,11H2,(H,20,22). The Morgan fingerprint density at radius 3 is 2.50 bits per heavy atom. The highest BCUT2D eigenvalue weighted by Gasteiger charge is 2.52. The first-order valence-corrected chi connectivity index (χ1v) is 8.27. The Morgan fingerprint density at radius 1 is 1.19 bits per heavy atom. The lowest BCUT2D eigenvalue weighted by atomic mass is 9.96. The Kier molecular flexibility index (Phi) is 4.90. The number of nitro benzene ring substituents is 1. The van der Waals surface area contributed by atoms with Gasteiger partial charge in [0.15, 0.2) is 6.61 Å². The summed E-state index contributed by atoms with van der Waals surface area (Å²) in [6.45, 7) is -0.521. The highest BCUT2D eigenvalue weighted by Crippen LogP contribution is 2.49. The van der Waals surface area contributed by atoms with E-state index in [0.717, 1.165) is 11.6 Å². The Bertz CT molecular complexity index is 865. The van der Waals surface area contributed by atoms with Crippen molar-refractivity contribution in [2.75, 3.05) is 11.9 Å². The molecule has 0 bridgehead atoms. The molecule has 0 radical (unpaired) electrons. The van der Waals surface area contributed by atoms with Crippen LogP contribution in [-0.2, 0) is 19.7 Å². The molecule has 0 spiro atoms. The molecular weight excluding hydrogens is 360 g/mol. The van der Waals surface area contributed by atoms with Crippen LogP contribution in [0.2, 0.25) is 5.02 Å². The molecule has 134 valence electrons. The molecule has 7 nitrogen and oxygen atoms in total. The minimum atomic E-state index is -0.687. The van der Waals surface area contributed by atoms with Crippen molar-refractivity contribution in [1.82, 2.24) is 0 Å². The summed E-state index contributed by atoms with van der Waals surface area (Å²) in [5, 5.41) is 13.6. The zero-order chi connectivity index (χ0) is 18.7. The molecule has 2 aromatic carbocycles. The number of amides is 1. The smallest absolute Gasteiger partial charge is 0.317 e. The van der Waals surface area contributed by atoms with Gasteiger partial charge < -0.3 is 10.1 Å². The number of nitrogens with one attached hydrogen (secondary N) is 1. The largest absolute Gasteiger partial charge is 0.455 e. The molecule has 0 aliphatic heterocycles. The minimum absolute atomic E-state index is 0.00959. The fourth-order valence-electron chi connectivity index (χ4n) is 2.71. The van der Waals surface area contributed by atoms with Gasteiger partial charge in [0.25, 0.3) is 11.6 Å². The number of nitro groups is 1. The predicted octanol–water partition coefficient (Wildman–Crippen LogP) is 3.46. The van der Waals surface area contributed by atoms with Gasteiger partial charge in [-0.1, -0.05) is 41.9 Å². The number of rotatable bonds is 6. The first-order valence-electron chi connectivity index (χ1n) is 7.89. The summed E-state index contributed by atoms with van der Waals surface area (Å²) >= 11 is 5.73. The fraction of sp³-hybridized carbons (Fsp3) is 0.222. The van der Waals surface area contributed by atoms with Gasteiger partial charge in [-0.05, 0) is 30.5 Å². The van der Waals surface area contributed by atoms with Crippen LogP contribution < -0.4 is 5.32 Å². The van der Waals surface area contributed by atoms with Gasteiger partial charge in [-0.2, -0.15) is 0 Å². The molecule has 0 atom stereocenters. The van der Waals surface area contributed by atoms with Crippen LogP contribution in [0.15, 0.2) is 48.5 Å². The maximum Gasteiger partial charge on any atom is 0.317 e. The number of carbonyl (C=O) groups is 2. The first kappa shape index (κ1) is 17.9. The van der Waals surface area contributed by atoms with Gasteiger partial charge in [0.2, 0.25) is 0 Å². The van der Waals surface area contributed by atoms with E-state index in [1.54, 1.807) is 0 Å². The molecule has 1 fully saturated rings. The van der Waals surface area contributed by atoms with Crippen molar-refractivity contribution in [2.45, 2.75) is 18.3 Å². The quantitative estimate of drug-likeness (QED) is 0.474. The Labute approximate surface area is 154 Å². The van der Waals surface area contributed by atoms with E-state index < -0.39 is 28.8 Å². The fourth-order valence-corrected chi connectivity index (χ4v) is 2.88. The number of anilines is 1. The van der Waals surface area contributed by atoms with Gasteiger partial charge >= 0.3 is 5.97 Å². The van der Waals surface area contributed by atoms with E-state index in [0.29, 0.717) is 12.8 Å². The second-order valence-electron chi connectivity index (χ2n) is 5.99. The van der Waals surface area contributed by atoms with Gasteiger partial charge in [0, 0.05) is 11.1 Å². The number of hydrogen-bond donors (Lipinski definition) is 1. The Morgan fingerprint density at radius 2 is 1.88 bits per heavy atom. The monoisotopic (exact) mass is 374 g/mol. The van der Waals surface area contributed by atoms with Crippen LogP contribution >= 0.6 is 11.6 Å². The summed E-state index contributed by atoms with van der Waals surface area (Å²) in [5.74, 6) is -1.13. The summed E-state index contributed by atoms with van der Waals surface area (Å²) in [6.07, 6.45) is 1.33. The molecule has 1 N–H and O–H groups in total. The van der Waals surface area contributed by atoms with E-state index >= 15 is 0 Å². The molecule has 1 amide bonds. The molecule has 8 heteroatoms. The molecule has 0 unspecified atom stereocenters. The third-order valence-electron chi connectivity index (χ3n) is 4.23. The summed E-state index contributed by atoms with van der Waals surface area (Å²) in [6, 6.07) is 13.1. The van der Waals surface area contributed by atoms with Crippen LogP contribution in [0.3, 0.4) is 0 Å². The van der Waals surface area contributed by atoms with Crippen molar-refractivity contribution in [3.63, 3.8) is 0 Å². The lowest BCUT2D eigenvalue weighted by molar-refractivity contribution is -0.383.